The SMILES string of the molecule is CCNc1nc(Cl)nc(NC(C)(C)C(=O)O)n1. The molecule has 1 rings (SSSR count). The van der Waals surface area contributed by atoms with Gasteiger partial charge in [0.05, 0.1) is 0 Å². The standard InChI is InChI=1S/C9H14ClN5O2/c1-4-11-7-12-6(10)13-8(14-7)15-9(2,3)5(16)17/h4H2,1-3H3,(H,16,17)(H2,11,12,13,14,15). The zero-order valence-electron chi connectivity index (χ0n) is 9.78. The average Bonchev–Trinajstić information content (AvgIpc) is 2.15. The van der Waals surface area contributed by atoms with Crippen LogP contribution < -0.4 is 10.6 Å². The number of nitrogens with zero attached hydrogens (tertiary/aromatic N) is 3. The van der Waals surface area contributed by atoms with E-state index in [1.54, 1.807) is 0 Å². The Labute approximate surface area is 104 Å². The van der Waals surface area contributed by atoms with E-state index in [9.17, 15) is 4.79 Å². The predicted octanol–water partition coefficient (Wildman–Crippen LogP) is 1.23. The monoisotopic (exact) mass is 259 g/mol. The van der Waals surface area contributed by atoms with Gasteiger partial charge in [0.15, 0.2) is 0 Å². The third kappa shape index (κ3) is 3.70. The van der Waals surface area contributed by atoms with Crippen LogP contribution in [-0.4, -0.2) is 38.1 Å². The maximum atomic E-state index is 10.9. The quantitative estimate of drug-likeness (QED) is 0.731. The Morgan fingerprint density at radius 3 is 2.47 bits per heavy atom. The summed E-state index contributed by atoms with van der Waals surface area (Å²) in [6.07, 6.45) is 0. The van der Waals surface area contributed by atoms with Gasteiger partial charge in [-0.05, 0) is 32.4 Å². The van der Waals surface area contributed by atoms with Gasteiger partial charge >= 0.3 is 5.97 Å². The lowest BCUT2D eigenvalue weighted by Crippen LogP contribution is -2.40. The van der Waals surface area contributed by atoms with Gasteiger partial charge in [0.2, 0.25) is 17.2 Å². The van der Waals surface area contributed by atoms with Crippen LogP contribution in [0, 0.1) is 0 Å². The third-order valence-electron chi connectivity index (χ3n) is 1.90. The highest BCUT2D eigenvalue weighted by Crippen LogP contribution is 2.14. The molecule has 0 aliphatic heterocycles. The zero-order chi connectivity index (χ0) is 13.1. The van der Waals surface area contributed by atoms with Crippen molar-refractivity contribution in [3.05, 3.63) is 5.28 Å². The van der Waals surface area contributed by atoms with Crippen LogP contribution in [0.5, 0.6) is 0 Å². The first kappa shape index (κ1) is 13.4. The van der Waals surface area contributed by atoms with Crippen molar-refractivity contribution in [1.29, 1.82) is 0 Å². The molecule has 0 atom stereocenters. The van der Waals surface area contributed by atoms with Gasteiger partial charge in [-0.1, -0.05) is 0 Å². The Bertz CT molecular complexity index is 424. The van der Waals surface area contributed by atoms with Crippen LogP contribution in [0.3, 0.4) is 0 Å². The summed E-state index contributed by atoms with van der Waals surface area (Å²) in [7, 11) is 0. The molecular formula is C9H14ClN5O2. The van der Waals surface area contributed by atoms with E-state index in [0.717, 1.165) is 0 Å². The highest BCUT2D eigenvalue weighted by Gasteiger charge is 2.28. The Balaban J connectivity index is 2.95. The van der Waals surface area contributed by atoms with Crippen LogP contribution in [0.25, 0.3) is 0 Å². The van der Waals surface area contributed by atoms with E-state index in [1.165, 1.54) is 13.8 Å². The molecule has 0 aromatic carbocycles. The van der Waals surface area contributed by atoms with E-state index in [4.69, 9.17) is 16.7 Å². The van der Waals surface area contributed by atoms with Gasteiger partial charge in [0.1, 0.15) is 5.54 Å². The molecule has 1 aromatic heterocycles. The first-order chi connectivity index (χ1) is 7.85. The fraction of sp³-hybridized carbons (Fsp3) is 0.556. The second-order valence-electron chi connectivity index (χ2n) is 3.84. The van der Waals surface area contributed by atoms with E-state index in [2.05, 4.69) is 25.6 Å². The number of hydrogen-bond donors (Lipinski definition) is 3. The fourth-order valence-electron chi connectivity index (χ4n) is 0.976. The molecule has 0 spiro atoms. The fourth-order valence-corrected chi connectivity index (χ4v) is 1.14. The van der Waals surface area contributed by atoms with Crippen molar-refractivity contribution in [3.63, 3.8) is 0 Å². The van der Waals surface area contributed by atoms with Gasteiger partial charge in [0, 0.05) is 6.54 Å². The van der Waals surface area contributed by atoms with E-state index < -0.39 is 11.5 Å². The zero-order valence-corrected chi connectivity index (χ0v) is 10.5. The van der Waals surface area contributed by atoms with Crippen LogP contribution in [0.15, 0.2) is 0 Å². The summed E-state index contributed by atoms with van der Waals surface area (Å²) in [4.78, 5) is 22.6. The number of aromatic nitrogens is 3. The molecule has 3 N–H and O–H groups in total. The molecule has 0 saturated heterocycles. The molecule has 7 nitrogen and oxygen atoms in total. The molecule has 8 heteroatoms. The average molecular weight is 260 g/mol. The summed E-state index contributed by atoms with van der Waals surface area (Å²) in [6.45, 7) is 5.51. The highest BCUT2D eigenvalue weighted by atomic mass is 35.5. The lowest BCUT2D eigenvalue weighted by atomic mass is 10.1. The van der Waals surface area contributed by atoms with E-state index in [-0.39, 0.29) is 11.2 Å². The van der Waals surface area contributed by atoms with Crippen LogP contribution >= 0.6 is 11.6 Å². The number of carboxylic acids is 1. The second kappa shape index (κ2) is 5.13. The third-order valence-corrected chi connectivity index (χ3v) is 2.07. The number of aliphatic carboxylic acids is 1. The van der Waals surface area contributed by atoms with Crippen molar-refractivity contribution in [2.24, 2.45) is 0 Å². The topological polar surface area (TPSA) is 100 Å². The van der Waals surface area contributed by atoms with Gasteiger partial charge in [-0.3, -0.25) is 0 Å². The minimum atomic E-state index is -1.19. The molecule has 0 bridgehead atoms. The van der Waals surface area contributed by atoms with Crippen molar-refractivity contribution in [3.8, 4) is 0 Å². The Morgan fingerprint density at radius 1 is 1.35 bits per heavy atom. The Morgan fingerprint density at radius 2 is 1.94 bits per heavy atom. The van der Waals surface area contributed by atoms with Crippen molar-refractivity contribution < 1.29 is 9.90 Å². The molecule has 0 aliphatic rings. The summed E-state index contributed by atoms with van der Waals surface area (Å²) >= 11 is 5.70. The first-order valence-electron chi connectivity index (χ1n) is 5.02. The maximum Gasteiger partial charge on any atom is 0.328 e. The molecular weight excluding hydrogens is 246 g/mol. The van der Waals surface area contributed by atoms with Gasteiger partial charge in [-0.25, -0.2) is 4.79 Å². The largest absolute Gasteiger partial charge is 0.480 e. The van der Waals surface area contributed by atoms with Gasteiger partial charge in [0.25, 0.3) is 0 Å². The van der Waals surface area contributed by atoms with Gasteiger partial charge < -0.3 is 15.7 Å². The second-order valence-corrected chi connectivity index (χ2v) is 4.18. The molecule has 0 aliphatic carbocycles. The molecule has 1 heterocycles. The number of hydrogen-bond acceptors (Lipinski definition) is 6. The molecule has 0 fully saturated rings. The van der Waals surface area contributed by atoms with E-state index in [0.29, 0.717) is 12.5 Å². The van der Waals surface area contributed by atoms with Gasteiger partial charge in [-0.15, -0.1) is 0 Å². The number of carbonyl (C=O) groups is 1. The van der Waals surface area contributed by atoms with Crippen LogP contribution in [0.4, 0.5) is 11.9 Å². The minimum absolute atomic E-state index is 0.000334. The molecule has 0 amide bonds. The van der Waals surface area contributed by atoms with Crippen molar-refractivity contribution in [2.75, 3.05) is 17.2 Å². The molecule has 0 saturated carbocycles. The van der Waals surface area contributed by atoms with E-state index in [1.807, 2.05) is 6.92 Å². The molecule has 0 unspecified atom stereocenters. The summed E-state index contributed by atoms with van der Waals surface area (Å²) in [5.74, 6) is -0.594. The van der Waals surface area contributed by atoms with Gasteiger partial charge in [-0.2, -0.15) is 15.0 Å². The van der Waals surface area contributed by atoms with Crippen molar-refractivity contribution >= 4 is 29.5 Å². The summed E-state index contributed by atoms with van der Waals surface area (Å²) < 4.78 is 0. The van der Waals surface area contributed by atoms with Crippen LogP contribution in [0.1, 0.15) is 20.8 Å². The lowest BCUT2D eigenvalue weighted by Gasteiger charge is -2.20. The number of halogens is 1. The number of carboxylic acid groups (broad SMARTS) is 1. The maximum absolute atomic E-state index is 10.9. The molecule has 0 radical (unpaired) electrons. The van der Waals surface area contributed by atoms with Crippen LogP contribution in [-0.2, 0) is 4.79 Å². The number of rotatable bonds is 5. The Kier molecular flexibility index (Phi) is 4.06. The minimum Gasteiger partial charge on any atom is -0.480 e. The Hall–Kier alpha value is -1.63. The summed E-state index contributed by atoms with van der Waals surface area (Å²) in [5.41, 5.74) is -1.19. The molecule has 17 heavy (non-hydrogen) atoms. The molecule has 1 aromatic rings. The summed E-state index contributed by atoms with van der Waals surface area (Å²) in [5, 5.41) is 14.5. The smallest absolute Gasteiger partial charge is 0.328 e. The van der Waals surface area contributed by atoms with E-state index >= 15 is 0 Å². The number of anilines is 2. The summed E-state index contributed by atoms with van der Waals surface area (Å²) in [6, 6.07) is 0. The number of nitrogens with one attached hydrogen (secondary N) is 2. The lowest BCUT2D eigenvalue weighted by molar-refractivity contribution is -0.141. The highest BCUT2D eigenvalue weighted by molar-refractivity contribution is 6.28. The normalized spacial score (nSPS) is 11.1. The van der Waals surface area contributed by atoms with Crippen LogP contribution in [0.2, 0.25) is 5.28 Å². The predicted molar refractivity (Wildman–Crippen MR) is 64.3 cm³/mol. The van der Waals surface area contributed by atoms with Crippen molar-refractivity contribution in [2.45, 2.75) is 26.3 Å². The van der Waals surface area contributed by atoms with Crippen molar-refractivity contribution in [1.82, 2.24) is 15.0 Å². The first-order valence-corrected chi connectivity index (χ1v) is 5.40. The molecule has 94 valence electrons.